The van der Waals surface area contributed by atoms with Crippen LogP contribution in [0.5, 0.6) is 5.75 Å². The van der Waals surface area contributed by atoms with E-state index in [1.54, 1.807) is 7.11 Å². The van der Waals surface area contributed by atoms with Crippen molar-refractivity contribution >= 4 is 11.4 Å². The Hall–Kier alpha value is -2.23. The molecule has 0 atom stereocenters. The summed E-state index contributed by atoms with van der Waals surface area (Å²) in [5.41, 5.74) is 5.76. The average molecular weight is 297 g/mol. The number of benzene rings is 1. The Kier molecular flexibility index (Phi) is 4.18. The second-order valence-electron chi connectivity index (χ2n) is 5.77. The number of nitrogens with one attached hydrogen (secondary N) is 1. The van der Waals surface area contributed by atoms with Crippen LogP contribution in [0.4, 0.5) is 11.4 Å². The van der Waals surface area contributed by atoms with Crippen molar-refractivity contribution in [3.63, 3.8) is 0 Å². The van der Waals surface area contributed by atoms with Crippen LogP contribution in [0, 0.1) is 13.8 Å². The third-order valence-corrected chi connectivity index (χ3v) is 4.26. The molecule has 0 saturated carbocycles. The van der Waals surface area contributed by atoms with Gasteiger partial charge in [0, 0.05) is 30.4 Å². The molecule has 1 N–H and O–H groups in total. The smallest absolute Gasteiger partial charge is 0.128 e. The molecule has 0 bridgehead atoms. The minimum atomic E-state index is 0.807. The van der Waals surface area contributed by atoms with E-state index in [0.29, 0.717) is 0 Å². The fourth-order valence-electron chi connectivity index (χ4n) is 3.09. The van der Waals surface area contributed by atoms with Crippen molar-refractivity contribution in [3.8, 4) is 5.75 Å². The fourth-order valence-corrected chi connectivity index (χ4v) is 3.09. The first kappa shape index (κ1) is 14.7. The number of para-hydroxylation sites is 2. The van der Waals surface area contributed by atoms with Gasteiger partial charge in [0.25, 0.3) is 0 Å². The number of nitrogens with zero attached hydrogens (tertiary/aromatic N) is 2. The van der Waals surface area contributed by atoms with Gasteiger partial charge >= 0.3 is 0 Å². The van der Waals surface area contributed by atoms with Crippen molar-refractivity contribution < 1.29 is 4.74 Å². The van der Waals surface area contributed by atoms with Gasteiger partial charge in [0.1, 0.15) is 5.75 Å². The summed E-state index contributed by atoms with van der Waals surface area (Å²) >= 11 is 0. The van der Waals surface area contributed by atoms with Crippen molar-refractivity contribution in [2.45, 2.75) is 26.8 Å². The molecule has 1 aliphatic heterocycles. The SMILES string of the molecule is COc1c(C)cnc(CN2CCCNc3ccccc32)c1C. The quantitative estimate of drug-likeness (QED) is 0.940. The van der Waals surface area contributed by atoms with Crippen LogP contribution < -0.4 is 15.0 Å². The fraction of sp³-hybridized carbons (Fsp3) is 0.389. The van der Waals surface area contributed by atoms with E-state index in [9.17, 15) is 0 Å². The van der Waals surface area contributed by atoms with Gasteiger partial charge in [0.2, 0.25) is 0 Å². The summed E-state index contributed by atoms with van der Waals surface area (Å²) in [4.78, 5) is 7.04. The third-order valence-electron chi connectivity index (χ3n) is 4.26. The van der Waals surface area contributed by atoms with Crippen LogP contribution in [0.2, 0.25) is 0 Å². The van der Waals surface area contributed by atoms with E-state index in [-0.39, 0.29) is 0 Å². The maximum atomic E-state index is 5.53. The monoisotopic (exact) mass is 297 g/mol. The first-order chi connectivity index (χ1) is 10.7. The number of ether oxygens (including phenoxy) is 1. The van der Waals surface area contributed by atoms with Crippen molar-refractivity contribution in [3.05, 3.63) is 47.3 Å². The molecule has 1 aromatic heterocycles. The molecule has 22 heavy (non-hydrogen) atoms. The maximum Gasteiger partial charge on any atom is 0.128 e. The van der Waals surface area contributed by atoms with E-state index in [0.717, 1.165) is 48.6 Å². The predicted molar refractivity (Wildman–Crippen MR) is 90.9 cm³/mol. The number of methoxy groups -OCH3 is 1. The highest BCUT2D eigenvalue weighted by molar-refractivity contribution is 5.70. The number of hydrogen-bond acceptors (Lipinski definition) is 4. The molecule has 1 aliphatic rings. The van der Waals surface area contributed by atoms with Gasteiger partial charge < -0.3 is 15.0 Å². The van der Waals surface area contributed by atoms with Crippen LogP contribution in [0.25, 0.3) is 0 Å². The Bertz CT molecular complexity index is 669. The number of fused-ring (bicyclic) bond motifs is 1. The van der Waals surface area contributed by atoms with Gasteiger partial charge in [-0.25, -0.2) is 0 Å². The molecule has 0 unspecified atom stereocenters. The van der Waals surface area contributed by atoms with Crippen LogP contribution in [-0.2, 0) is 6.54 Å². The second kappa shape index (κ2) is 6.26. The standard InChI is InChI=1S/C18H23N3O/c1-13-11-20-16(14(2)18(13)22-3)12-21-10-6-9-19-15-7-4-5-8-17(15)21/h4-5,7-8,11,19H,6,9-10,12H2,1-3H3. The van der Waals surface area contributed by atoms with E-state index in [1.165, 1.54) is 11.4 Å². The van der Waals surface area contributed by atoms with Gasteiger partial charge in [0.05, 0.1) is 30.7 Å². The second-order valence-corrected chi connectivity index (χ2v) is 5.77. The number of hydrogen-bond donors (Lipinski definition) is 1. The molecule has 0 radical (unpaired) electrons. The summed E-state index contributed by atoms with van der Waals surface area (Å²) < 4.78 is 5.53. The lowest BCUT2D eigenvalue weighted by molar-refractivity contribution is 0.406. The van der Waals surface area contributed by atoms with Crippen LogP contribution in [0.15, 0.2) is 30.5 Å². The Balaban J connectivity index is 1.93. The van der Waals surface area contributed by atoms with Crippen LogP contribution in [0.1, 0.15) is 23.2 Å². The molecule has 0 aliphatic carbocycles. The van der Waals surface area contributed by atoms with E-state index >= 15 is 0 Å². The maximum absolute atomic E-state index is 5.53. The van der Waals surface area contributed by atoms with Gasteiger partial charge in [-0.3, -0.25) is 4.98 Å². The van der Waals surface area contributed by atoms with E-state index in [1.807, 2.05) is 13.1 Å². The lowest BCUT2D eigenvalue weighted by Crippen LogP contribution is -2.24. The zero-order valence-electron chi connectivity index (χ0n) is 13.5. The summed E-state index contributed by atoms with van der Waals surface area (Å²) in [5.74, 6) is 0.950. The van der Waals surface area contributed by atoms with Crippen molar-refractivity contribution in [2.75, 3.05) is 30.4 Å². The lowest BCUT2D eigenvalue weighted by Gasteiger charge is -2.25. The van der Waals surface area contributed by atoms with E-state index < -0.39 is 0 Å². The van der Waals surface area contributed by atoms with Gasteiger partial charge in [-0.2, -0.15) is 0 Å². The molecule has 0 saturated heterocycles. The van der Waals surface area contributed by atoms with E-state index in [2.05, 4.69) is 46.4 Å². The normalized spacial score (nSPS) is 14.0. The summed E-state index contributed by atoms with van der Waals surface area (Å²) in [5, 5.41) is 3.50. The Morgan fingerprint density at radius 1 is 1.27 bits per heavy atom. The zero-order chi connectivity index (χ0) is 15.5. The Labute approximate surface area is 132 Å². The summed E-state index contributed by atoms with van der Waals surface area (Å²) in [6.07, 6.45) is 3.03. The Morgan fingerprint density at radius 3 is 2.91 bits per heavy atom. The summed E-state index contributed by atoms with van der Waals surface area (Å²) in [6.45, 7) is 6.98. The lowest BCUT2D eigenvalue weighted by atomic mass is 10.1. The summed E-state index contributed by atoms with van der Waals surface area (Å²) in [7, 11) is 1.73. The topological polar surface area (TPSA) is 37.4 Å². The molecule has 0 fully saturated rings. The first-order valence-corrected chi connectivity index (χ1v) is 7.77. The molecule has 116 valence electrons. The molecule has 0 amide bonds. The molecule has 0 spiro atoms. The Morgan fingerprint density at radius 2 is 2.09 bits per heavy atom. The number of aryl methyl sites for hydroxylation is 1. The number of anilines is 2. The highest BCUT2D eigenvalue weighted by Gasteiger charge is 2.17. The minimum Gasteiger partial charge on any atom is -0.496 e. The van der Waals surface area contributed by atoms with Gasteiger partial charge in [-0.05, 0) is 32.4 Å². The number of aromatic nitrogens is 1. The van der Waals surface area contributed by atoms with E-state index in [4.69, 9.17) is 4.74 Å². The van der Waals surface area contributed by atoms with Gasteiger partial charge in [-0.1, -0.05) is 12.1 Å². The highest BCUT2D eigenvalue weighted by Crippen LogP contribution is 2.31. The zero-order valence-corrected chi connectivity index (χ0v) is 13.5. The average Bonchev–Trinajstić information content (AvgIpc) is 2.73. The first-order valence-electron chi connectivity index (χ1n) is 7.77. The van der Waals surface area contributed by atoms with Crippen LogP contribution in [0.3, 0.4) is 0 Å². The number of pyridine rings is 1. The van der Waals surface area contributed by atoms with Crippen LogP contribution >= 0.6 is 0 Å². The minimum absolute atomic E-state index is 0.807. The van der Waals surface area contributed by atoms with Crippen LogP contribution in [-0.4, -0.2) is 25.2 Å². The molecule has 2 heterocycles. The number of rotatable bonds is 3. The third kappa shape index (κ3) is 2.73. The van der Waals surface area contributed by atoms with Crippen molar-refractivity contribution in [2.24, 2.45) is 0 Å². The highest BCUT2D eigenvalue weighted by atomic mass is 16.5. The summed E-state index contributed by atoms with van der Waals surface area (Å²) in [6, 6.07) is 8.49. The molecule has 3 rings (SSSR count). The predicted octanol–water partition coefficient (Wildman–Crippen LogP) is 3.53. The molecule has 2 aromatic rings. The molecular formula is C18H23N3O. The van der Waals surface area contributed by atoms with Crippen molar-refractivity contribution in [1.82, 2.24) is 4.98 Å². The van der Waals surface area contributed by atoms with Gasteiger partial charge in [-0.15, -0.1) is 0 Å². The molecule has 1 aromatic carbocycles. The molecular weight excluding hydrogens is 274 g/mol. The molecule has 4 heteroatoms. The largest absolute Gasteiger partial charge is 0.496 e. The molecule has 4 nitrogen and oxygen atoms in total. The van der Waals surface area contributed by atoms with Gasteiger partial charge in [0.15, 0.2) is 0 Å². The van der Waals surface area contributed by atoms with Crippen molar-refractivity contribution in [1.29, 1.82) is 0 Å².